The maximum absolute atomic E-state index is 9.33. The Hall–Kier alpha value is -7.89. The zero-order valence-electron chi connectivity index (χ0n) is 36.7. The topological polar surface area (TPSA) is 56.7 Å². The molecule has 3 aromatic heterocycles. The maximum Gasteiger partial charge on any atom is 0.164 e. The van der Waals surface area contributed by atoms with E-state index in [0.29, 0.717) is 51.0 Å². The smallest absolute Gasteiger partial charge is 0.164 e. The summed E-state index contributed by atoms with van der Waals surface area (Å²) in [7, 11) is 0. The van der Waals surface area contributed by atoms with Gasteiger partial charge in [0.25, 0.3) is 0 Å². The Morgan fingerprint density at radius 3 is 1.66 bits per heavy atom. The van der Waals surface area contributed by atoms with E-state index in [1.54, 1.807) is 4.57 Å². The first kappa shape index (κ1) is 26.8. The molecular weight excluding hydrogens is 709 g/mol. The highest BCUT2D eigenvalue weighted by Crippen LogP contribution is 2.45. The van der Waals surface area contributed by atoms with Crippen molar-refractivity contribution in [2.45, 2.75) is 0 Å². The molecule has 0 fully saturated rings. The van der Waals surface area contributed by atoms with Crippen LogP contribution >= 0.6 is 0 Å². The summed E-state index contributed by atoms with van der Waals surface area (Å²) in [6.07, 6.45) is 0. The number of para-hydroxylation sites is 4. The molecule has 12 rings (SSSR count). The van der Waals surface area contributed by atoms with Gasteiger partial charge in [0.05, 0.1) is 24.9 Å². The third-order valence-electron chi connectivity index (χ3n) is 11.0. The SMILES string of the molecule is [2H]c1cc([2H])c2c(c1[2H])c1c([2H])c([2H])cc([2H])c1n2-c1cccc(-c2nc(-c3ccc4ccccc4c3)nc(-c3ccc4ccccc4c3)n2)c1-c1cccc2c1oc1ccccc12. The number of aromatic nitrogens is 4. The molecule has 0 unspecified atom stereocenters. The van der Waals surface area contributed by atoms with Crippen molar-refractivity contribution in [1.82, 2.24) is 19.5 Å². The molecule has 58 heavy (non-hydrogen) atoms. The van der Waals surface area contributed by atoms with Gasteiger partial charge < -0.3 is 8.98 Å². The van der Waals surface area contributed by atoms with Crippen LogP contribution in [0, 0.1) is 0 Å². The van der Waals surface area contributed by atoms with Gasteiger partial charge in [-0.1, -0.05) is 158 Å². The van der Waals surface area contributed by atoms with Gasteiger partial charge in [-0.25, -0.2) is 15.0 Å². The van der Waals surface area contributed by atoms with Gasteiger partial charge in [0, 0.05) is 49.4 Å². The van der Waals surface area contributed by atoms with Crippen molar-refractivity contribution >= 4 is 65.3 Å². The first-order valence-corrected chi connectivity index (χ1v) is 19.0. The zero-order valence-corrected chi connectivity index (χ0v) is 30.7. The van der Waals surface area contributed by atoms with Crippen LogP contribution in [0.25, 0.3) is 116 Å². The highest BCUT2D eigenvalue weighted by atomic mass is 16.3. The third-order valence-corrected chi connectivity index (χ3v) is 11.0. The van der Waals surface area contributed by atoms with E-state index in [-0.39, 0.29) is 58.1 Å². The van der Waals surface area contributed by atoms with Crippen LogP contribution in [0.5, 0.6) is 0 Å². The number of benzene rings is 9. The van der Waals surface area contributed by atoms with E-state index in [1.165, 1.54) is 12.1 Å². The lowest BCUT2D eigenvalue weighted by Crippen LogP contribution is -2.04. The molecular formula is C53H32N4O. The van der Waals surface area contributed by atoms with Crippen molar-refractivity contribution in [2.75, 3.05) is 0 Å². The van der Waals surface area contributed by atoms with Crippen molar-refractivity contribution < 1.29 is 12.6 Å². The molecule has 0 atom stereocenters. The van der Waals surface area contributed by atoms with E-state index in [9.17, 15) is 2.74 Å². The summed E-state index contributed by atoms with van der Waals surface area (Å²) in [5, 5.41) is 6.36. The van der Waals surface area contributed by atoms with E-state index in [0.717, 1.165) is 43.4 Å². The van der Waals surface area contributed by atoms with Gasteiger partial charge in [-0.15, -0.1) is 0 Å². The van der Waals surface area contributed by atoms with Gasteiger partial charge in [-0.05, 0) is 57.9 Å². The predicted octanol–water partition coefficient (Wildman–Crippen LogP) is 13.8. The number of rotatable bonds is 5. The standard InChI is InChI=1S/C53H32N4O/c1-3-15-35-31-37(29-27-33(35)13-1)51-54-52(38-30-28-34-14-2-4-16-36(34)32-38)56-53(55-51)44-22-12-25-47(57-45-23-8-5-17-39(45)40-18-6-9-24-46(40)57)49(44)43-21-11-20-42-41-19-7-10-26-48(41)58-50(42)43/h1-32H/i5D,6D,17D,18D,23D,24D. The molecule has 0 saturated heterocycles. The van der Waals surface area contributed by atoms with Gasteiger partial charge in [0.2, 0.25) is 0 Å². The first-order valence-electron chi connectivity index (χ1n) is 22.0. The average molecular weight is 747 g/mol. The van der Waals surface area contributed by atoms with E-state index in [2.05, 4.69) is 48.5 Å². The van der Waals surface area contributed by atoms with E-state index >= 15 is 0 Å². The van der Waals surface area contributed by atoms with Crippen LogP contribution in [-0.2, 0) is 0 Å². The van der Waals surface area contributed by atoms with Gasteiger partial charge in [0.1, 0.15) is 11.2 Å². The number of furan rings is 1. The van der Waals surface area contributed by atoms with Crippen LogP contribution in [0.1, 0.15) is 8.22 Å². The summed E-state index contributed by atoms with van der Waals surface area (Å²) in [5.74, 6) is 1.27. The third kappa shape index (κ3) is 5.07. The normalized spacial score (nSPS) is 13.2. The summed E-state index contributed by atoms with van der Waals surface area (Å²) in [4.78, 5) is 15.7. The molecule has 0 aliphatic heterocycles. The molecule has 0 aliphatic rings. The summed E-state index contributed by atoms with van der Waals surface area (Å²) in [6.45, 7) is 0. The number of hydrogen-bond donors (Lipinski definition) is 0. The highest BCUT2D eigenvalue weighted by Gasteiger charge is 2.24. The van der Waals surface area contributed by atoms with Gasteiger partial charge >= 0.3 is 0 Å². The molecule has 0 amide bonds. The van der Waals surface area contributed by atoms with Crippen LogP contribution < -0.4 is 0 Å². The van der Waals surface area contributed by atoms with Crippen LogP contribution in [0.3, 0.4) is 0 Å². The Labute approximate surface area is 341 Å². The van der Waals surface area contributed by atoms with Crippen molar-refractivity contribution in [3.63, 3.8) is 0 Å². The molecule has 3 heterocycles. The van der Waals surface area contributed by atoms with Crippen molar-refractivity contribution in [1.29, 1.82) is 0 Å². The summed E-state index contributed by atoms with van der Waals surface area (Å²) in [5.41, 5.74) is 5.74. The van der Waals surface area contributed by atoms with Crippen molar-refractivity contribution in [3.05, 3.63) is 194 Å². The summed E-state index contributed by atoms with van der Waals surface area (Å²) >= 11 is 0. The van der Waals surface area contributed by atoms with Gasteiger partial charge in [-0.3, -0.25) is 0 Å². The quantitative estimate of drug-likeness (QED) is 0.176. The van der Waals surface area contributed by atoms with Crippen LogP contribution in [0.4, 0.5) is 0 Å². The molecule has 0 bridgehead atoms. The molecule has 0 radical (unpaired) electrons. The van der Waals surface area contributed by atoms with Crippen molar-refractivity contribution in [2.24, 2.45) is 0 Å². The largest absolute Gasteiger partial charge is 0.455 e. The second-order valence-corrected chi connectivity index (χ2v) is 14.3. The number of nitrogens with zero attached hydrogens (tertiary/aromatic N) is 4. The van der Waals surface area contributed by atoms with Gasteiger partial charge in [-0.2, -0.15) is 0 Å². The maximum atomic E-state index is 9.33. The van der Waals surface area contributed by atoms with E-state index in [4.69, 9.17) is 24.9 Å². The Kier molecular flexibility index (Phi) is 5.94. The molecule has 0 aliphatic carbocycles. The Morgan fingerprint density at radius 2 is 0.983 bits per heavy atom. The fourth-order valence-electron chi connectivity index (χ4n) is 8.31. The van der Waals surface area contributed by atoms with Crippen molar-refractivity contribution in [3.8, 4) is 51.0 Å². The molecule has 270 valence electrons. The number of hydrogen-bond acceptors (Lipinski definition) is 4. The summed E-state index contributed by atoms with van der Waals surface area (Å²) in [6, 6.07) is 49.8. The van der Waals surface area contributed by atoms with Crippen LogP contribution in [-0.4, -0.2) is 19.5 Å². The number of fused-ring (bicyclic) bond motifs is 8. The second kappa shape index (κ2) is 12.8. The molecule has 5 nitrogen and oxygen atoms in total. The highest BCUT2D eigenvalue weighted by molar-refractivity contribution is 6.13. The van der Waals surface area contributed by atoms with E-state index in [1.807, 2.05) is 97.1 Å². The molecule has 9 aromatic carbocycles. The monoisotopic (exact) mass is 746 g/mol. The average Bonchev–Trinajstić information content (AvgIpc) is 3.90. The minimum Gasteiger partial charge on any atom is -0.455 e. The van der Waals surface area contributed by atoms with Crippen LogP contribution in [0.15, 0.2) is 198 Å². The van der Waals surface area contributed by atoms with E-state index < -0.39 is 0 Å². The molecule has 12 aromatic rings. The fourth-order valence-corrected chi connectivity index (χ4v) is 8.31. The minimum absolute atomic E-state index is 0.0619. The lowest BCUT2D eigenvalue weighted by Gasteiger charge is -2.18. The second-order valence-electron chi connectivity index (χ2n) is 14.3. The lowest BCUT2D eigenvalue weighted by atomic mass is 9.94. The molecule has 0 spiro atoms. The first-order chi connectivity index (χ1) is 31.2. The Morgan fingerprint density at radius 1 is 0.431 bits per heavy atom. The zero-order chi connectivity index (χ0) is 43.4. The Balaban J connectivity index is 1.23. The molecule has 5 heteroatoms. The predicted molar refractivity (Wildman–Crippen MR) is 238 cm³/mol. The van der Waals surface area contributed by atoms with Crippen LogP contribution in [0.2, 0.25) is 0 Å². The Bertz CT molecular complexity index is 3780. The molecule has 0 N–H and O–H groups in total. The van der Waals surface area contributed by atoms with Gasteiger partial charge in [0.15, 0.2) is 17.5 Å². The fraction of sp³-hybridized carbons (Fsp3) is 0. The summed E-state index contributed by atoms with van der Waals surface area (Å²) < 4.78 is 62.6. The lowest BCUT2D eigenvalue weighted by molar-refractivity contribution is 0.670. The molecule has 0 saturated carbocycles. The minimum atomic E-state index is -0.192.